The Hall–Kier alpha value is -1.78. The highest BCUT2D eigenvalue weighted by Crippen LogP contribution is 2.31. The van der Waals surface area contributed by atoms with E-state index < -0.39 is 0 Å². The molecule has 1 N–H and O–H groups in total. The lowest BCUT2D eigenvalue weighted by atomic mass is 9.87. The predicted octanol–water partition coefficient (Wildman–Crippen LogP) is 3.90. The van der Waals surface area contributed by atoms with Crippen molar-refractivity contribution in [3.8, 4) is 0 Å². The summed E-state index contributed by atoms with van der Waals surface area (Å²) in [6, 6.07) is 5.42. The number of benzene rings is 1. The molecule has 0 saturated heterocycles. The third-order valence-corrected chi connectivity index (χ3v) is 3.74. The molecule has 0 fully saturated rings. The standard InChI is InChI=1S/C15H25N3O2/c1-7-16-12-8-13(10-14(9-12)18(19)20)17(6)11(2)15(3,4)5/h8-11,16H,7H2,1-6H3. The number of nitrogens with one attached hydrogen (secondary N) is 1. The quantitative estimate of drug-likeness (QED) is 0.656. The van der Waals surface area contributed by atoms with Crippen LogP contribution in [0.1, 0.15) is 34.6 Å². The van der Waals surface area contributed by atoms with E-state index in [2.05, 4.69) is 37.9 Å². The zero-order valence-corrected chi connectivity index (χ0v) is 13.2. The second-order valence-electron chi connectivity index (χ2n) is 6.18. The summed E-state index contributed by atoms with van der Waals surface area (Å²) in [5.74, 6) is 0. The first kappa shape index (κ1) is 16.3. The number of nitro groups is 1. The molecule has 1 aromatic rings. The van der Waals surface area contributed by atoms with Crippen molar-refractivity contribution in [2.75, 3.05) is 23.8 Å². The average molecular weight is 279 g/mol. The number of hydrogen-bond acceptors (Lipinski definition) is 4. The molecule has 1 rings (SSSR count). The summed E-state index contributed by atoms with van der Waals surface area (Å²) >= 11 is 0. The molecule has 20 heavy (non-hydrogen) atoms. The van der Waals surface area contributed by atoms with E-state index in [0.717, 1.165) is 17.9 Å². The molecule has 0 saturated carbocycles. The van der Waals surface area contributed by atoms with Crippen molar-refractivity contribution in [1.82, 2.24) is 0 Å². The Morgan fingerprint density at radius 2 is 1.95 bits per heavy atom. The van der Waals surface area contributed by atoms with E-state index in [1.807, 2.05) is 20.0 Å². The summed E-state index contributed by atoms with van der Waals surface area (Å²) in [6.07, 6.45) is 0. The molecule has 0 spiro atoms. The van der Waals surface area contributed by atoms with Crippen molar-refractivity contribution in [1.29, 1.82) is 0 Å². The van der Waals surface area contributed by atoms with Gasteiger partial charge in [-0.1, -0.05) is 20.8 Å². The van der Waals surface area contributed by atoms with Crippen LogP contribution in [0.5, 0.6) is 0 Å². The fraction of sp³-hybridized carbons (Fsp3) is 0.600. The van der Waals surface area contributed by atoms with Gasteiger partial charge in [0.05, 0.1) is 4.92 Å². The molecular formula is C15H25N3O2. The molecule has 1 atom stereocenters. The lowest BCUT2D eigenvalue weighted by Crippen LogP contribution is -2.39. The molecule has 5 nitrogen and oxygen atoms in total. The summed E-state index contributed by atoms with van der Waals surface area (Å²) in [5, 5.41) is 14.2. The van der Waals surface area contributed by atoms with Crippen molar-refractivity contribution in [2.24, 2.45) is 5.41 Å². The highest BCUT2D eigenvalue weighted by molar-refractivity contribution is 5.64. The van der Waals surface area contributed by atoms with Gasteiger partial charge in [0.2, 0.25) is 0 Å². The molecule has 0 amide bonds. The van der Waals surface area contributed by atoms with Gasteiger partial charge in [0.15, 0.2) is 0 Å². The average Bonchev–Trinajstić information content (AvgIpc) is 2.35. The van der Waals surface area contributed by atoms with Gasteiger partial charge in [-0.3, -0.25) is 10.1 Å². The summed E-state index contributed by atoms with van der Waals surface area (Å²) in [6.45, 7) is 11.3. The third kappa shape index (κ3) is 3.85. The van der Waals surface area contributed by atoms with Crippen LogP contribution in [-0.2, 0) is 0 Å². The molecule has 0 aliphatic rings. The van der Waals surface area contributed by atoms with E-state index in [9.17, 15) is 10.1 Å². The second kappa shape index (κ2) is 6.11. The Morgan fingerprint density at radius 3 is 2.40 bits per heavy atom. The minimum absolute atomic E-state index is 0.0950. The number of anilines is 2. The minimum Gasteiger partial charge on any atom is -0.385 e. The summed E-state index contributed by atoms with van der Waals surface area (Å²) < 4.78 is 0. The molecule has 0 aliphatic carbocycles. The minimum atomic E-state index is -0.347. The van der Waals surface area contributed by atoms with Crippen LogP contribution >= 0.6 is 0 Å². The zero-order chi connectivity index (χ0) is 15.5. The van der Waals surface area contributed by atoms with Gasteiger partial charge in [-0.05, 0) is 25.3 Å². The zero-order valence-electron chi connectivity index (χ0n) is 13.2. The van der Waals surface area contributed by atoms with Crippen LogP contribution in [0.3, 0.4) is 0 Å². The third-order valence-electron chi connectivity index (χ3n) is 3.74. The number of nitrogens with zero attached hydrogens (tertiary/aromatic N) is 2. The summed E-state index contributed by atoms with van der Waals surface area (Å²) in [4.78, 5) is 12.8. The van der Waals surface area contributed by atoms with Gasteiger partial charge in [0.25, 0.3) is 5.69 Å². The van der Waals surface area contributed by atoms with Crippen LogP contribution in [0.25, 0.3) is 0 Å². The number of rotatable bonds is 5. The molecule has 0 bridgehead atoms. The van der Waals surface area contributed by atoms with Gasteiger partial charge >= 0.3 is 0 Å². The van der Waals surface area contributed by atoms with Crippen molar-refractivity contribution < 1.29 is 4.92 Å². The molecule has 0 aliphatic heterocycles. The molecule has 0 aromatic heterocycles. The van der Waals surface area contributed by atoms with Crippen LogP contribution < -0.4 is 10.2 Å². The number of nitro benzene ring substituents is 1. The second-order valence-corrected chi connectivity index (χ2v) is 6.18. The van der Waals surface area contributed by atoms with E-state index >= 15 is 0 Å². The first-order chi connectivity index (χ1) is 9.16. The molecule has 112 valence electrons. The van der Waals surface area contributed by atoms with Gasteiger partial charge in [-0.2, -0.15) is 0 Å². The van der Waals surface area contributed by atoms with Crippen molar-refractivity contribution >= 4 is 17.1 Å². The normalized spacial score (nSPS) is 12.9. The smallest absolute Gasteiger partial charge is 0.273 e. The largest absolute Gasteiger partial charge is 0.385 e. The van der Waals surface area contributed by atoms with Crippen molar-refractivity contribution in [3.63, 3.8) is 0 Å². The lowest BCUT2D eigenvalue weighted by Gasteiger charge is -2.37. The van der Waals surface area contributed by atoms with E-state index in [0.29, 0.717) is 0 Å². The fourth-order valence-electron chi connectivity index (χ4n) is 2.01. The maximum Gasteiger partial charge on any atom is 0.273 e. The van der Waals surface area contributed by atoms with Crippen molar-refractivity contribution in [2.45, 2.75) is 40.7 Å². The first-order valence-electron chi connectivity index (χ1n) is 6.93. The lowest BCUT2D eigenvalue weighted by molar-refractivity contribution is -0.384. The highest BCUT2D eigenvalue weighted by atomic mass is 16.6. The Morgan fingerprint density at radius 1 is 1.35 bits per heavy atom. The Labute approximate surface area is 121 Å². The van der Waals surface area contributed by atoms with Gasteiger partial charge < -0.3 is 10.2 Å². The van der Waals surface area contributed by atoms with Gasteiger partial charge in [-0.25, -0.2) is 0 Å². The van der Waals surface area contributed by atoms with Crippen LogP contribution in [0.2, 0.25) is 0 Å². The van der Waals surface area contributed by atoms with Crippen molar-refractivity contribution in [3.05, 3.63) is 28.3 Å². The molecule has 0 radical (unpaired) electrons. The maximum absolute atomic E-state index is 11.1. The van der Waals surface area contributed by atoms with E-state index in [4.69, 9.17) is 0 Å². The maximum atomic E-state index is 11.1. The van der Waals surface area contributed by atoms with Gasteiger partial charge in [0.1, 0.15) is 0 Å². The number of non-ortho nitro benzene ring substituents is 1. The Bertz CT molecular complexity index is 480. The Kier molecular flexibility index (Phi) is 4.98. The van der Waals surface area contributed by atoms with E-state index in [1.165, 1.54) is 0 Å². The topological polar surface area (TPSA) is 58.4 Å². The molecule has 1 aromatic carbocycles. The highest BCUT2D eigenvalue weighted by Gasteiger charge is 2.25. The number of hydrogen-bond donors (Lipinski definition) is 1. The molecule has 1 unspecified atom stereocenters. The Balaban J connectivity index is 3.19. The van der Waals surface area contributed by atoms with Crippen LogP contribution in [-0.4, -0.2) is 24.6 Å². The predicted molar refractivity (Wildman–Crippen MR) is 84.6 cm³/mol. The first-order valence-corrected chi connectivity index (χ1v) is 6.93. The fourth-order valence-corrected chi connectivity index (χ4v) is 2.01. The van der Waals surface area contributed by atoms with Crippen LogP contribution in [0.4, 0.5) is 17.1 Å². The van der Waals surface area contributed by atoms with Crippen LogP contribution in [0, 0.1) is 15.5 Å². The van der Waals surface area contributed by atoms with Crippen LogP contribution in [0.15, 0.2) is 18.2 Å². The van der Waals surface area contributed by atoms with Gasteiger partial charge in [-0.15, -0.1) is 0 Å². The van der Waals surface area contributed by atoms with E-state index in [1.54, 1.807) is 12.1 Å². The summed E-state index contributed by atoms with van der Waals surface area (Å²) in [5.41, 5.74) is 1.85. The molecule has 5 heteroatoms. The SMILES string of the molecule is CCNc1cc(N(C)C(C)C(C)(C)C)cc([N+](=O)[O-])c1. The molecule has 0 heterocycles. The van der Waals surface area contributed by atoms with E-state index in [-0.39, 0.29) is 22.1 Å². The summed E-state index contributed by atoms with van der Waals surface area (Å²) in [7, 11) is 1.98. The monoisotopic (exact) mass is 279 g/mol. The van der Waals surface area contributed by atoms with Gasteiger partial charge in [0, 0.05) is 43.1 Å². The molecular weight excluding hydrogens is 254 g/mol.